The molecular weight excluding hydrogens is 208 g/mol. The Morgan fingerprint density at radius 2 is 1.88 bits per heavy atom. The van der Waals surface area contributed by atoms with E-state index in [1.165, 1.54) is 24.4 Å². The van der Waals surface area contributed by atoms with Crippen LogP contribution in [0.25, 0.3) is 0 Å². The zero-order valence-corrected chi connectivity index (χ0v) is 8.87. The monoisotopic (exact) mass is 219 g/mol. The van der Waals surface area contributed by atoms with E-state index in [9.17, 15) is 8.78 Å². The van der Waals surface area contributed by atoms with Gasteiger partial charge in [0.1, 0.15) is 5.82 Å². The van der Waals surface area contributed by atoms with Gasteiger partial charge in [-0.05, 0) is 54.3 Å². The summed E-state index contributed by atoms with van der Waals surface area (Å²) in [5.41, 5.74) is 2.49. The second-order valence-corrected chi connectivity index (χ2v) is 3.80. The molecule has 3 heteroatoms. The van der Waals surface area contributed by atoms with Gasteiger partial charge in [0.25, 0.3) is 0 Å². The molecule has 16 heavy (non-hydrogen) atoms. The molecule has 1 nitrogen and oxygen atoms in total. The van der Waals surface area contributed by atoms with Gasteiger partial charge in [0.2, 0.25) is 5.95 Å². The molecule has 0 bridgehead atoms. The van der Waals surface area contributed by atoms with Crippen LogP contribution in [0.5, 0.6) is 0 Å². The van der Waals surface area contributed by atoms with Crippen molar-refractivity contribution in [1.29, 1.82) is 0 Å². The molecule has 1 aromatic heterocycles. The summed E-state index contributed by atoms with van der Waals surface area (Å²) in [5.74, 6) is -0.768. The molecule has 0 spiro atoms. The lowest BCUT2D eigenvalue weighted by Crippen LogP contribution is -1.92. The zero-order valence-electron chi connectivity index (χ0n) is 8.87. The molecular formula is C13H11F2N. The van der Waals surface area contributed by atoms with Crippen molar-refractivity contribution in [2.45, 2.75) is 13.3 Å². The molecule has 0 radical (unpaired) electrons. The summed E-state index contributed by atoms with van der Waals surface area (Å²) in [5, 5.41) is 0. The molecule has 0 aliphatic rings. The molecule has 0 N–H and O–H groups in total. The number of aromatic nitrogens is 1. The number of hydrogen-bond donors (Lipinski definition) is 0. The van der Waals surface area contributed by atoms with Gasteiger partial charge in [-0.3, -0.25) is 0 Å². The number of aryl methyl sites for hydroxylation is 1. The van der Waals surface area contributed by atoms with E-state index in [1.54, 1.807) is 6.07 Å². The fourth-order valence-electron chi connectivity index (χ4n) is 1.70. The summed E-state index contributed by atoms with van der Waals surface area (Å²) in [6.45, 7) is 1.83. The molecule has 1 aromatic carbocycles. The van der Waals surface area contributed by atoms with Crippen LogP contribution in [-0.2, 0) is 6.42 Å². The van der Waals surface area contributed by atoms with E-state index in [2.05, 4.69) is 4.98 Å². The molecule has 0 fully saturated rings. The molecule has 0 aliphatic carbocycles. The largest absolute Gasteiger partial charge is 0.228 e. The van der Waals surface area contributed by atoms with E-state index in [0.717, 1.165) is 16.7 Å². The Morgan fingerprint density at radius 1 is 1.06 bits per heavy atom. The van der Waals surface area contributed by atoms with Crippen LogP contribution in [0, 0.1) is 18.7 Å². The molecule has 0 atom stereocenters. The highest BCUT2D eigenvalue weighted by Crippen LogP contribution is 2.13. The molecule has 0 saturated carbocycles. The standard InChI is InChI=1S/C13H11F2N/c1-9-4-11(7-12(14)5-9)6-10-2-3-16-13(15)8-10/h2-5,7-8H,6H2,1H3. The highest BCUT2D eigenvalue weighted by Gasteiger charge is 2.01. The molecule has 0 saturated heterocycles. The van der Waals surface area contributed by atoms with Gasteiger partial charge in [0, 0.05) is 6.20 Å². The smallest absolute Gasteiger partial charge is 0.213 e. The maximum Gasteiger partial charge on any atom is 0.213 e. The highest BCUT2D eigenvalue weighted by molar-refractivity contribution is 5.28. The number of rotatable bonds is 2. The van der Waals surface area contributed by atoms with Gasteiger partial charge >= 0.3 is 0 Å². The predicted octanol–water partition coefficient (Wildman–Crippen LogP) is 3.26. The van der Waals surface area contributed by atoms with E-state index in [-0.39, 0.29) is 5.82 Å². The van der Waals surface area contributed by atoms with E-state index < -0.39 is 5.95 Å². The van der Waals surface area contributed by atoms with Crippen molar-refractivity contribution in [1.82, 2.24) is 4.98 Å². The van der Waals surface area contributed by atoms with Crippen molar-refractivity contribution in [3.63, 3.8) is 0 Å². The first-order chi connectivity index (χ1) is 7.63. The summed E-state index contributed by atoms with van der Waals surface area (Å²) in [7, 11) is 0. The summed E-state index contributed by atoms with van der Waals surface area (Å²) >= 11 is 0. The Kier molecular flexibility index (Phi) is 2.95. The van der Waals surface area contributed by atoms with Crippen molar-refractivity contribution < 1.29 is 8.78 Å². The topological polar surface area (TPSA) is 12.9 Å². The van der Waals surface area contributed by atoms with Crippen molar-refractivity contribution in [2.24, 2.45) is 0 Å². The third-order valence-corrected chi connectivity index (χ3v) is 2.30. The minimum absolute atomic E-state index is 0.260. The summed E-state index contributed by atoms with van der Waals surface area (Å²) in [4.78, 5) is 3.48. The van der Waals surface area contributed by atoms with Crippen molar-refractivity contribution in [3.05, 3.63) is 65.0 Å². The minimum atomic E-state index is -0.509. The van der Waals surface area contributed by atoms with Crippen LogP contribution in [-0.4, -0.2) is 4.98 Å². The van der Waals surface area contributed by atoms with Crippen molar-refractivity contribution >= 4 is 0 Å². The lowest BCUT2D eigenvalue weighted by molar-refractivity contribution is 0.582. The van der Waals surface area contributed by atoms with Crippen LogP contribution in [0.4, 0.5) is 8.78 Å². The Morgan fingerprint density at radius 3 is 2.56 bits per heavy atom. The number of nitrogens with zero attached hydrogens (tertiary/aromatic N) is 1. The summed E-state index contributed by atoms with van der Waals surface area (Å²) < 4.78 is 26.0. The van der Waals surface area contributed by atoms with E-state index in [1.807, 2.05) is 13.0 Å². The van der Waals surface area contributed by atoms with Gasteiger partial charge in [-0.15, -0.1) is 0 Å². The lowest BCUT2D eigenvalue weighted by atomic mass is 10.0. The molecule has 2 rings (SSSR count). The molecule has 82 valence electrons. The molecule has 2 aromatic rings. The average Bonchev–Trinajstić information content (AvgIpc) is 2.15. The van der Waals surface area contributed by atoms with Crippen molar-refractivity contribution in [2.75, 3.05) is 0 Å². The summed E-state index contributed by atoms with van der Waals surface area (Å²) in [6.07, 6.45) is 1.93. The number of halogens is 2. The van der Waals surface area contributed by atoms with Gasteiger partial charge in [0.15, 0.2) is 0 Å². The Bertz CT molecular complexity index is 489. The minimum Gasteiger partial charge on any atom is -0.228 e. The SMILES string of the molecule is Cc1cc(F)cc(Cc2ccnc(F)c2)c1. The number of benzene rings is 1. The van der Waals surface area contributed by atoms with E-state index in [4.69, 9.17) is 0 Å². The van der Waals surface area contributed by atoms with Crippen LogP contribution < -0.4 is 0 Å². The maximum absolute atomic E-state index is 13.1. The Balaban J connectivity index is 2.27. The molecule has 0 unspecified atom stereocenters. The Labute approximate surface area is 92.8 Å². The Hall–Kier alpha value is -1.77. The van der Waals surface area contributed by atoms with Crippen LogP contribution >= 0.6 is 0 Å². The summed E-state index contributed by atoms with van der Waals surface area (Å²) in [6, 6.07) is 7.91. The third-order valence-electron chi connectivity index (χ3n) is 2.30. The molecule has 0 amide bonds. The number of hydrogen-bond acceptors (Lipinski definition) is 1. The van der Waals surface area contributed by atoms with Gasteiger partial charge < -0.3 is 0 Å². The first-order valence-corrected chi connectivity index (χ1v) is 5.00. The van der Waals surface area contributed by atoms with Gasteiger partial charge in [-0.25, -0.2) is 9.37 Å². The van der Waals surface area contributed by atoms with Gasteiger partial charge in [-0.1, -0.05) is 6.07 Å². The molecule has 1 heterocycles. The lowest BCUT2D eigenvalue weighted by Gasteiger charge is -2.03. The van der Waals surface area contributed by atoms with E-state index >= 15 is 0 Å². The van der Waals surface area contributed by atoms with Crippen LogP contribution in [0.1, 0.15) is 16.7 Å². The zero-order chi connectivity index (χ0) is 11.5. The highest BCUT2D eigenvalue weighted by atomic mass is 19.1. The second kappa shape index (κ2) is 4.39. The fourth-order valence-corrected chi connectivity index (χ4v) is 1.70. The predicted molar refractivity (Wildman–Crippen MR) is 58.1 cm³/mol. The van der Waals surface area contributed by atoms with Crippen LogP contribution in [0.3, 0.4) is 0 Å². The second-order valence-electron chi connectivity index (χ2n) is 3.80. The van der Waals surface area contributed by atoms with Crippen LogP contribution in [0.15, 0.2) is 36.5 Å². The van der Waals surface area contributed by atoms with Crippen molar-refractivity contribution in [3.8, 4) is 0 Å². The van der Waals surface area contributed by atoms with E-state index in [0.29, 0.717) is 6.42 Å². The first kappa shape index (κ1) is 10.7. The fraction of sp³-hybridized carbons (Fsp3) is 0.154. The number of pyridine rings is 1. The quantitative estimate of drug-likeness (QED) is 0.706. The first-order valence-electron chi connectivity index (χ1n) is 5.00. The van der Waals surface area contributed by atoms with Crippen LogP contribution in [0.2, 0.25) is 0 Å². The average molecular weight is 219 g/mol. The van der Waals surface area contributed by atoms with Gasteiger partial charge in [-0.2, -0.15) is 4.39 Å². The van der Waals surface area contributed by atoms with Gasteiger partial charge in [0.05, 0.1) is 0 Å². The normalized spacial score (nSPS) is 10.4. The third kappa shape index (κ3) is 2.63. The molecule has 0 aliphatic heterocycles. The maximum atomic E-state index is 13.1.